The maximum absolute atomic E-state index is 12.5. The highest BCUT2D eigenvalue weighted by Crippen LogP contribution is 2.23. The minimum absolute atomic E-state index is 0.188. The SMILES string of the molecule is COc1ccc(Br)c(C(=O)NCc2cccnc2-c2cnn(C)c2)c1. The zero-order chi connectivity index (χ0) is 17.8. The highest BCUT2D eigenvalue weighted by molar-refractivity contribution is 9.10. The van der Waals surface area contributed by atoms with Crippen molar-refractivity contribution in [3.05, 3.63) is 64.5 Å². The van der Waals surface area contributed by atoms with Crippen LogP contribution in [0.4, 0.5) is 0 Å². The van der Waals surface area contributed by atoms with Gasteiger partial charge in [0.25, 0.3) is 5.91 Å². The lowest BCUT2D eigenvalue weighted by Crippen LogP contribution is -2.23. The number of rotatable bonds is 5. The highest BCUT2D eigenvalue weighted by Gasteiger charge is 2.13. The lowest BCUT2D eigenvalue weighted by Gasteiger charge is -2.10. The Morgan fingerprint density at radius 3 is 2.92 bits per heavy atom. The maximum atomic E-state index is 12.5. The van der Waals surface area contributed by atoms with E-state index < -0.39 is 0 Å². The van der Waals surface area contributed by atoms with Gasteiger partial charge in [-0.2, -0.15) is 5.10 Å². The van der Waals surface area contributed by atoms with Crippen LogP contribution in [0.15, 0.2) is 53.4 Å². The largest absolute Gasteiger partial charge is 0.497 e. The summed E-state index contributed by atoms with van der Waals surface area (Å²) in [4.78, 5) is 16.9. The topological polar surface area (TPSA) is 69.0 Å². The number of nitrogens with zero attached hydrogens (tertiary/aromatic N) is 3. The molecule has 0 aliphatic rings. The van der Waals surface area contributed by atoms with E-state index in [0.717, 1.165) is 16.8 Å². The number of hydrogen-bond donors (Lipinski definition) is 1. The number of ether oxygens (including phenoxy) is 1. The first-order chi connectivity index (χ1) is 12.1. The Morgan fingerprint density at radius 1 is 1.36 bits per heavy atom. The predicted molar refractivity (Wildman–Crippen MR) is 98.3 cm³/mol. The lowest BCUT2D eigenvalue weighted by atomic mass is 10.1. The molecule has 0 radical (unpaired) electrons. The van der Waals surface area contributed by atoms with Crippen LogP contribution in [-0.2, 0) is 13.6 Å². The molecule has 0 atom stereocenters. The van der Waals surface area contributed by atoms with Crippen molar-refractivity contribution in [1.82, 2.24) is 20.1 Å². The Morgan fingerprint density at radius 2 is 2.20 bits per heavy atom. The number of halogens is 1. The number of aryl methyl sites for hydroxylation is 1. The van der Waals surface area contributed by atoms with E-state index in [1.165, 1.54) is 0 Å². The molecule has 3 aromatic rings. The summed E-state index contributed by atoms with van der Waals surface area (Å²) in [6.07, 6.45) is 5.38. The fraction of sp³-hybridized carbons (Fsp3) is 0.167. The molecular formula is C18H17BrN4O2. The van der Waals surface area contributed by atoms with Gasteiger partial charge in [0.15, 0.2) is 0 Å². The van der Waals surface area contributed by atoms with E-state index in [0.29, 0.717) is 22.3 Å². The minimum Gasteiger partial charge on any atom is -0.497 e. The van der Waals surface area contributed by atoms with E-state index in [1.54, 1.807) is 42.4 Å². The summed E-state index contributed by atoms with van der Waals surface area (Å²) in [5.41, 5.74) is 3.16. The highest BCUT2D eigenvalue weighted by atomic mass is 79.9. The zero-order valence-corrected chi connectivity index (χ0v) is 15.4. The second kappa shape index (κ2) is 7.48. The molecule has 2 heterocycles. The number of amides is 1. The van der Waals surface area contributed by atoms with Crippen LogP contribution in [0, 0.1) is 0 Å². The maximum Gasteiger partial charge on any atom is 0.252 e. The summed E-state index contributed by atoms with van der Waals surface area (Å²) < 4.78 is 7.62. The van der Waals surface area contributed by atoms with Crippen molar-refractivity contribution in [2.24, 2.45) is 7.05 Å². The summed E-state index contributed by atoms with van der Waals surface area (Å²) in [5, 5.41) is 7.11. The van der Waals surface area contributed by atoms with E-state index in [9.17, 15) is 4.79 Å². The number of hydrogen-bond acceptors (Lipinski definition) is 4. The fourth-order valence-corrected chi connectivity index (χ4v) is 2.89. The number of nitrogens with one attached hydrogen (secondary N) is 1. The van der Waals surface area contributed by atoms with Crippen LogP contribution >= 0.6 is 15.9 Å². The molecule has 1 aromatic carbocycles. The summed E-state index contributed by atoms with van der Waals surface area (Å²) >= 11 is 3.40. The average molecular weight is 401 g/mol. The monoisotopic (exact) mass is 400 g/mol. The lowest BCUT2D eigenvalue weighted by molar-refractivity contribution is 0.0950. The third-order valence-corrected chi connectivity index (χ3v) is 4.42. The quantitative estimate of drug-likeness (QED) is 0.713. The molecule has 2 aromatic heterocycles. The van der Waals surface area contributed by atoms with Gasteiger partial charge in [0, 0.05) is 36.0 Å². The fourth-order valence-electron chi connectivity index (χ4n) is 2.46. The van der Waals surface area contributed by atoms with Crippen molar-refractivity contribution in [2.45, 2.75) is 6.54 Å². The van der Waals surface area contributed by atoms with Crippen molar-refractivity contribution < 1.29 is 9.53 Å². The van der Waals surface area contributed by atoms with Gasteiger partial charge in [-0.3, -0.25) is 14.5 Å². The van der Waals surface area contributed by atoms with E-state index in [4.69, 9.17) is 4.74 Å². The van der Waals surface area contributed by atoms with E-state index in [2.05, 4.69) is 31.3 Å². The summed E-state index contributed by atoms with van der Waals surface area (Å²) in [7, 11) is 3.43. The number of carbonyl (C=O) groups is 1. The summed E-state index contributed by atoms with van der Waals surface area (Å²) in [5.74, 6) is 0.442. The molecule has 0 spiro atoms. The van der Waals surface area contributed by atoms with Crippen molar-refractivity contribution in [3.63, 3.8) is 0 Å². The van der Waals surface area contributed by atoms with Gasteiger partial charge in [0.2, 0.25) is 0 Å². The van der Waals surface area contributed by atoms with Gasteiger partial charge in [-0.15, -0.1) is 0 Å². The number of benzene rings is 1. The van der Waals surface area contributed by atoms with Crippen molar-refractivity contribution in [2.75, 3.05) is 7.11 Å². The van der Waals surface area contributed by atoms with E-state index in [-0.39, 0.29) is 5.91 Å². The number of methoxy groups -OCH3 is 1. The van der Waals surface area contributed by atoms with Crippen LogP contribution in [0.5, 0.6) is 5.75 Å². The number of aromatic nitrogens is 3. The van der Waals surface area contributed by atoms with Crippen LogP contribution < -0.4 is 10.1 Å². The first-order valence-corrected chi connectivity index (χ1v) is 8.42. The van der Waals surface area contributed by atoms with Gasteiger partial charge >= 0.3 is 0 Å². The Labute approximate surface area is 154 Å². The molecule has 0 saturated carbocycles. The third-order valence-electron chi connectivity index (χ3n) is 3.73. The van der Waals surface area contributed by atoms with Crippen LogP contribution in [0.1, 0.15) is 15.9 Å². The van der Waals surface area contributed by atoms with Gasteiger partial charge < -0.3 is 10.1 Å². The second-order valence-corrected chi connectivity index (χ2v) is 6.30. The standard InChI is InChI=1S/C18H17BrN4O2/c1-23-11-13(10-22-23)17-12(4-3-7-20-17)9-21-18(24)15-8-14(25-2)5-6-16(15)19/h3-8,10-11H,9H2,1-2H3,(H,21,24). The van der Waals surface area contributed by atoms with Crippen LogP contribution in [0.25, 0.3) is 11.3 Å². The molecule has 128 valence electrons. The molecule has 0 saturated heterocycles. The normalized spacial score (nSPS) is 10.5. The van der Waals surface area contributed by atoms with Crippen LogP contribution in [-0.4, -0.2) is 27.8 Å². The first kappa shape index (κ1) is 17.2. The average Bonchev–Trinajstić information content (AvgIpc) is 3.06. The van der Waals surface area contributed by atoms with E-state index >= 15 is 0 Å². The van der Waals surface area contributed by atoms with Crippen LogP contribution in [0.3, 0.4) is 0 Å². The molecule has 0 fully saturated rings. The molecule has 3 rings (SSSR count). The van der Waals surface area contributed by atoms with Gasteiger partial charge in [0.1, 0.15) is 5.75 Å². The molecule has 0 bridgehead atoms. The first-order valence-electron chi connectivity index (χ1n) is 7.63. The summed E-state index contributed by atoms with van der Waals surface area (Å²) in [6.45, 7) is 0.362. The molecule has 25 heavy (non-hydrogen) atoms. The van der Waals surface area contributed by atoms with Gasteiger partial charge in [-0.05, 0) is 45.8 Å². The van der Waals surface area contributed by atoms with Gasteiger partial charge in [0.05, 0.1) is 24.6 Å². The minimum atomic E-state index is -0.188. The Bertz CT molecular complexity index is 908. The Kier molecular flexibility index (Phi) is 5.14. The molecule has 1 N–H and O–H groups in total. The van der Waals surface area contributed by atoms with Gasteiger partial charge in [-0.25, -0.2) is 0 Å². The van der Waals surface area contributed by atoms with E-state index in [1.807, 2.05) is 25.4 Å². The molecular weight excluding hydrogens is 384 g/mol. The van der Waals surface area contributed by atoms with Crippen molar-refractivity contribution in [1.29, 1.82) is 0 Å². The predicted octanol–water partition coefficient (Wildman–Crippen LogP) is 3.18. The molecule has 0 aliphatic carbocycles. The molecule has 7 heteroatoms. The molecule has 1 amide bonds. The Hall–Kier alpha value is -2.67. The van der Waals surface area contributed by atoms with Gasteiger partial charge in [-0.1, -0.05) is 6.07 Å². The zero-order valence-electron chi connectivity index (χ0n) is 13.9. The second-order valence-electron chi connectivity index (χ2n) is 5.44. The molecule has 6 nitrogen and oxygen atoms in total. The number of carbonyl (C=O) groups excluding carboxylic acids is 1. The number of pyridine rings is 1. The molecule has 0 unspecified atom stereocenters. The third kappa shape index (κ3) is 3.88. The van der Waals surface area contributed by atoms with Crippen molar-refractivity contribution in [3.8, 4) is 17.0 Å². The Balaban J connectivity index is 1.79. The smallest absolute Gasteiger partial charge is 0.252 e. The van der Waals surface area contributed by atoms with Crippen molar-refractivity contribution >= 4 is 21.8 Å². The molecule has 0 aliphatic heterocycles. The summed E-state index contributed by atoms with van der Waals surface area (Å²) in [6, 6.07) is 9.07. The van der Waals surface area contributed by atoms with Crippen LogP contribution in [0.2, 0.25) is 0 Å².